The number of aromatic nitrogens is 5. The van der Waals surface area contributed by atoms with Crippen molar-refractivity contribution in [2.45, 2.75) is 24.0 Å². The van der Waals surface area contributed by atoms with Crippen molar-refractivity contribution in [2.24, 2.45) is 24.8 Å². The SMILES string of the molecule is CCS(=O)c1c(-c2nc3cc(C(F)(F)C(F)(F)F)cnc3n2C)nc(C(C=Nc2ccccc2C#N)=CN)n1C. The third-order valence-electron chi connectivity index (χ3n) is 5.96. The van der Waals surface area contributed by atoms with Gasteiger partial charge in [0.1, 0.15) is 28.1 Å². The highest BCUT2D eigenvalue weighted by Crippen LogP contribution is 2.44. The molecule has 0 bridgehead atoms. The van der Waals surface area contributed by atoms with E-state index in [0.29, 0.717) is 29.1 Å². The Bertz CT molecular complexity index is 1730. The zero-order valence-corrected chi connectivity index (χ0v) is 22.1. The molecule has 3 aromatic heterocycles. The molecule has 3 heterocycles. The van der Waals surface area contributed by atoms with Gasteiger partial charge in [0.05, 0.1) is 33.2 Å². The van der Waals surface area contributed by atoms with E-state index in [1.165, 1.54) is 28.6 Å². The lowest BCUT2D eigenvalue weighted by molar-refractivity contribution is -0.289. The predicted octanol–water partition coefficient (Wildman–Crippen LogP) is 4.72. The number of alkyl halides is 5. The number of benzene rings is 1. The van der Waals surface area contributed by atoms with Gasteiger partial charge in [-0.15, -0.1) is 0 Å². The van der Waals surface area contributed by atoms with Crippen molar-refractivity contribution in [3.05, 3.63) is 59.7 Å². The number of pyridine rings is 1. The van der Waals surface area contributed by atoms with Crippen LogP contribution in [-0.2, 0) is 30.8 Å². The molecular formula is C25H21F5N8OS. The minimum Gasteiger partial charge on any atom is -0.404 e. The second-order valence-corrected chi connectivity index (χ2v) is 10.1. The summed E-state index contributed by atoms with van der Waals surface area (Å²) < 4.78 is 82.7. The van der Waals surface area contributed by atoms with Gasteiger partial charge in [-0.3, -0.25) is 9.20 Å². The second kappa shape index (κ2) is 10.6. The molecule has 4 aromatic rings. The second-order valence-electron chi connectivity index (χ2n) is 8.42. The van der Waals surface area contributed by atoms with Gasteiger partial charge < -0.3 is 14.9 Å². The quantitative estimate of drug-likeness (QED) is 0.250. The Morgan fingerprint density at radius 3 is 2.50 bits per heavy atom. The highest BCUT2D eigenvalue weighted by atomic mass is 32.2. The van der Waals surface area contributed by atoms with Crippen molar-refractivity contribution in [3.63, 3.8) is 0 Å². The average Bonchev–Trinajstić information content (AvgIpc) is 3.44. The zero-order valence-electron chi connectivity index (χ0n) is 21.2. The molecule has 0 spiro atoms. The van der Waals surface area contributed by atoms with Crippen LogP contribution in [-0.4, -0.2) is 46.4 Å². The number of allylic oxidation sites excluding steroid dienone is 1. The van der Waals surface area contributed by atoms with Crippen molar-refractivity contribution in [3.8, 4) is 17.6 Å². The van der Waals surface area contributed by atoms with Crippen LogP contribution in [0.2, 0.25) is 0 Å². The van der Waals surface area contributed by atoms with E-state index in [9.17, 15) is 31.4 Å². The van der Waals surface area contributed by atoms with Gasteiger partial charge in [-0.1, -0.05) is 19.1 Å². The lowest BCUT2D eigenvalue weighted by atomic mass is 10.1. The molecule has 0 saturated carbocycles. The summed E-state index contributed by atoms with van der Waals surface area (Å²) in [6.07, 6.45) is -2.78. The Morgan fingerprint density at radius 1 is 1.18 bits per heavy atom. The van der Waals surface area contributed by atoms with Gasteiger partial charge in [0.15, 0.2) is 11.5 Å². The summed E-state index contributed by atoms with van der Waals surface area (Å²) in [5.74, 6) is -4.70. The summed E-state index contributed by atoms with van der Waals surface area (Å²) in [6, 6.07) is 9.27. The molecule has 0 aliphatic carbocycles. The highest BCUT2D eigenvalue weighted by molar-refractivity contribution is 7.85. The molecule has 40 heavy (non-hydrogen) atoms. The van der Waals surface area contributed by atoms with Gasteiger partial charge in [0.25, 0.3) is 0 Å². The summed E-state index contributed by atoms with van der Waals surface area (Å²) >= 11 is 0. The Labute approximate surface area is 227 Å². The maximum Gasteiger partial charge on any atom is 0.458 e. The molecule has 0 radical (unpaired) electrons. The Hall–Kier alpha value is -4.45. The van der Waals surface area contributed by atoms with Crippen LogP contribution in [0.4, 0.5) is 27.6 Å². The van der Waals surface area contributed by atoms with Gasteiger partial charge in [0.2, 0.25) is 0 Å². The molecule has 2 N–H and O–H groups in total. The monoisotopic (exact) mass is 576 g/mol. The van der Waals surface area contributed by atoms with E-state index in [1.54, 1.807) is 38.2 Å². The molecule has 4 rings (SSSR count). The molecule has 1 atom stereocenters. The van der Waals surface area contributed by atoms with E-state index in [0.717, 1.165) is 0 Å². The maximum atomic E-state index is 14.0. The highest BCUT2D eigenvalue weighted by Gasteiger charge is 2.59. The van der Waals surface area contributed by atoms with Crippen LogP contribution in [0.1, 0.15) is 23.9 Å². The van der Waals surface area contributed by atoms with Crippen LogP contribution in [0.3, 0.4) is 0 Å². The largest absolute Gasteiger partial charge is 0.458 e. The Morgan fingerprint density at radius 2 is 1.88 bits per heavy atom. The number of rotatable bonds is 7. The number of halogens is 5. The summed E-state index contributed by atoms with van der Waals surface area (Å²) in [6.45, 7) is 1.68. The van der Waals surface area contributed by atoms with Crippen LogP contribution >= 0.6 is 0 Å². The van der Waals surface area contributed by atoms with Crippen molar-refractivity contribution < 1.29 is 26.2 Å². The predicted molar refractivity (Wildman–Crippen MR) is 139 cm³/mol. The number of aryl methyl sites for hydroxylation is 1. The summed E-state index contributed by atoms with van der Waals surface area (Å²) in [4.78, 5) is 16.9. The average molecular weight is 577 g/mol. The van der Waals surface area contributed by atoms with E-state index in [4.69, 9.17) is 5.73 Å². The van der Waals surface area contributed by atoms with Crippen molar-refractivity contribution in [1.82, 2.24) is 24.1 Å². The number of aliphatic imine (C=N–C) groups is 1. The van der Waals surface area contributed by atoms with Crippen LogP contribution in [0.5, 0.6) is 0 Å². The summed E-state index contributed by atoms with van der Waals surface area (Å²) in [5.41, 5.74) is 5.36. The number of nitrogens with zero attached hydrogens (tertiary/aromatic N) is 7. The molecule has 0 aliphatic heterocycles. The van der Waals surface area contributed by atoms with E-state index < -0.39 is 28.5 Å². The molecular weight excluding hydrogens is 555 g/mol. The van der Waals surface area contributed by atoms with Crippen LogP contribution < -0.4 is 5.73 Å². The normalized spacial score (nSPS) is 13.7. The third-order valence-corrected chi connectivity index (χ3v) is 7.39. The minimum absolute atomic E-state index is 0.0152. The molecule has 0 saturated heterocycles. The number of nitriles is 1. The molecule has 15 heteroatoms. The number of fused-ring (bicyclic) bond motifs is 1. The van der Waals surface area contributed by atoms with E-state index in [2.05, 4.69) is 19.9 Å². The molecule has 1 aromatic carbocycles. The fraction of sp³-hybridized carbons (Fsp3) is 0.240. The van der Waals surface area contributed by atoms with E-state index in [1.807, 2.05) is 6.07 Å². The van der Waals surface area contributed by atoms with E-state index in [-0.39, 0.29) is 39.3 Å². The topological polar surface area (TPSA) is 128 Å². The maximum absolute atomic E-state index is 14.0. The van der Waals surface area contributed by atoms with Crippen molar-refractivity contribution in [1.29, 1.82) is 5.26 Å². The smallest absolute Gasteiger partial charge is 0.404 e. The molecule has 0 amide bonds. The fourth-order valence-corrected chi connectivity index (χ4v) is 4.92. The third kappa shape index (κ3) is 4.86. The first-order chi connectivity index (χ1) is 18.8. The molecule has 0 aliphatic rings. The number of hydrogen-bond acceptors (Lipinski definition) is 7. The number of nitrogens with two attached hydrogens (primary N) is 1. The van der Waals surface area contributed by atoms with Gasteiger partial charge in [-0.25, -0.2) is 15.0 Å². The fourth-order valence-electron chi connectivity index (χ4n) is 3.90. The summed E-state index contributed by atoms with van der Waals surface area (Å²) in [7, 11) is 1.45. The standard InChI is InChI=1S/C25H21F5N8OS/c1-4-40(39)23-19(22-35-18-9-16(13-34-21(18)37(22)2)24(26,27)25(28,29)30)36-20(38(23)3)15(11-32)12-33-17-8-6-5-7-14(17)10-31/h5-9,11-13H,4,32H2,1-3H3. The van der Waals surface area contributed by atoms with Crippen molar-refractivity contribution >= 4 is 39.4 Å². The van der Waals surface area contributed by atoms with Gasteiger partial charge in [-0.05, 0) is 18.2 Å². The first-order valence-corrected chi connectivity index (χ1v) is 12.9. The van der Waals surface area contributed by atoms with Crippen LogP contribution in [0.15, 0.2) is 52.7 Å². The van der Waals surface area contributed by atoms with Gasteiger partial charge in [0, 0.05) is 38.5 Å². The van der Waals surface area contributed by atoms with Crippen LogP contribution in [0, 0.1) is 11.3 Å². The number of para-hydroxylation sites is 1. The number of imidazole rings is 2. The van der Waals surface area contributed by atoms with Gasteiger partial charge >= 0.3 is 12.1 Å². The number of hydrogen-bond donors (Lipinski definition) is 1. The molecule has 208 valence electrons. The van der Waals surface area contributed by atoms with E-state index >= 15 is 0 Å². The molecule has 1 unspecified atom stereocenters. The molecule has 9 nitrogen and oxygen atoms in total. The van der Waals surface area contributed by atoms with Crippen molar-refractivity contribution in [2.75, 3.05) is 5.75 Å². The van der Waals surface area contributed by atoms with Gasteiger partial charge in [-0.2, -0.15) is 27.2 Å². The minimum atomic E-state index is -5.82. The first kappa shape index (κ1) is 28.6. The Kier molecular flexibility index (Phi) is 7.57. The Balaban J connectivity index is 1.87. The lowest BCUT2D eigenvalue weighted by Crippen LogP contribution is -2.33. The zero-order chi connectivity index (χ0) is 29.4. The summed E-state index contributed by atoms with van der Waals surface area (Å²) in [5, 5.41) is 9.53. The molecule has 0 fully saturated rings. The van der Waals surface area contributed by atoms with Crippen LogP contribution in [0.25, 0.3) is 28.3 Å². The lowest BCUT2D eigenvalue weighted by Gasteiger charge is -2.19. The first-order valence-electron chi connectivity index (χ1n) is 11.5.